The Hall–Kier alpha value is -1.35. The van der Waals surface area contributed by atoms with Crippen molar-refractivity contribution in [1.82, 2.24) is 0 Å². The zero-order valence-corrected chi connectivity index (χ0v) is 24.9. The maximum Gasteiger partial charge on any atom is 0.338 e. The van der Waals surface area contributed by atoms with E-state index in [0.29, 0.717) is 28.4 Å². The van der Waals surface area contributed by atoms with Crippen molar-refractivity contribution in [3.63, 3.8) is 0 Å². The molecule has 210 valence electrons. The van der Waals surface area contributed by atoms with Gasteiger partial charge in [-0.05, 0) is 110 Å². The van der Waals surface area contributed by atoms with E-state index >= 15 is 0 Å². The third-order valence-corrected chi connectivity index (χ3v) is 13.3. The first-order valence-electron chi connectivity index (χ1n) is 16.0. The van der Waals surface area contributed by atoms with Crippen LogP contribution in [-0.4, -0.2) is 23.8 Å². The second kappa shape index (κ2) is 9.64. The summed E-state index contributed by atoms with van der Waals surface area (Å²) < 4.78 is 12.9. The number of epoxide rings is 1. The highest BCUT2D eigenvalue weighted by Crippen LogP contribution is 2.77. The third kappa shape index (κ3) is 4.03. The molecule has 6 rings (SSSR count). The van der Waals surface area contributed by atoms with Crippen molar-refractivity contribution in [2.45, 2.75) is 124 Å². The predicted molar refractivity (Wildman–Crippen MR) is 153 cm³/mol. The maximum absolute atomic E-state index is 12.8. The fourth-order valence-electron chi connectivity index (χ4n) is 10.5. The van der Waals surface area contributed by atoms with Gasteiger partial charge in [-0.1, -0.05) is 72.6 Å². The number of esters is 1. The number of benzene rings is 1. The van der Waals surface area contributed by atoms with Gasteiger partial charge in [0.15, 0.2) is 0 Å². The van der Waals surface area contributed by atoms with E-state index in [-0.39, 0.29) is 17.7 Å². The number of hydrogen-bond donors (Lipinski definition) is 0. The second-order valence-corrected chi connectivity index (χ2v) is 15.1. The maximum atomic E-state index is 12.8. The van der Waals surface area contributed by atoms with Gasteiger partial charge < -0.3 is 9.47 Å². The molecule has 0 unspecified atom stereocenters. The molecule has 1 aliphatic heterocycles. The molecule has 4 saturated carbocycles. The number of hydrogen-bond acceptors (Lipinski definition) is 3. The number of carbonyl (C=O) groups excluding carboxylic acids is 1. The van der Waals surface area contributed by atoms with Crippen molar-refractivity contribution in [2.75, 3.05) is 0 Å². The van der Waals surface area contributed by atoms with Crippen LogP contribution in [0.25, 0.3) is 0 Å². The molecule has 1 aromatic rings. The molecule has 5 aliphatic rings. The Morgan fingerprint density at radius 2 is 1.71 bits per heavy atom. The van der Waals surface area contributed by atoms with Crippen LogP contribution in [0.15, 0.2) is 30.3 Å². The topological polar surface area (TPSA) is 38.8 Å². The summed E-state index contributed by atoms with van der Waals surface area (Å²) in [7, 11) is 0. The van der Waals surface area contributed by atoms with E-state index in [1.54, 1.807) is 0 Å². The molecular weight excluding hydrogens is 468 g/mol. The van der Waals surface area contributed by atoms with E-state index in [4.69, 9.17) is 9.47 Å². The molecule has 0 radical (unpaired) electrons. The molecule has 1 spiro atoms. The Balaban J connectivity index is 1.13. The molecule has 0 amide bonds. The molecule has 0 bridgehead atoms. The molecule has 4 aliphatic carbocycles. The standard InChI is InChI=1S/C35H52O3/c1-22(2)23(3)12-13-24(4)30-21-31-35(38-31)29-15-14-26-20-27(37-32(36)25-10-8-7-9-11-25)16-18-33(26,5)28(29)17-19-34(30,35)6/h7-11,22-24,26-31H,12-21H2,1-6H3/t23-,24+,26-,27-,28-,29+,30+,31-,33-,34+,35-/m0/s1. The van der Waals surface area contributed by atoms with Gasteiger partial charge in [-0.2, -0.15) is 0 Å². The molecule has 38 heavy (non-hydrogen) atoms. The SMILES string of the molecule is CC(C)[C@@H](C)CC[C@@H](C)[C@H]1C[C@@H]2O[C@@]23[C@@H]2CC[C@H]4C[C@@H](OC(=O)c5ccccc5)CC[C@]4(C)[C@H]2CC[C@]13C. The van der Waals surface area contributed by atoms with Crippen molar-refractivity contribution in [3.8, 4) is 0 Å². The molecule has 5 fully saturated rings. The van der Waals surface area contributed by atoms with Gasteiger partial charge in [0.1, 0.15) is 11.7 Å². The first-order chi connectivity index (χ1) is 18.1. The number of rotatable bonds is 7. The fourth-order valence-corrected chi connectivity index (χ4v) is 10.5. The molecule has 1 aromatic carbocycles. The van der Waals surface area contributed by atoms with Gasteiger partial charge in [-0.15, -0.1) is 0 Å². The van der Waals surface area contributed by atoms with E-state index in [0.717, 1.165) is 48.3 Å². The number of carbonyl (C=O) groups is 1. The first kappa shape index (κ1) is 26.9. The van der Waals surface area contributed by atoms with Crippen LogP contribution >= 0.6 is 0 Å². The van der Waals surface area contributed by atoms with Gasteiger partial charge in [0.25, 0.3) is 0 Å². The fraction of sp³-hybridized carbons (Fsp3) is 0.800. The summed E-state index contributed by atoms with van der Waals surface area (Å²) in [6.45, 7) is 15.0. The first-order valence-corrected chi connectivity index (χ1v) is 16.0. The minimum Gasteiger partial charge on any atom is -0.459 e. The zero-order valence-electron chi connectivity index (χ0n) is 24.9. The van der Waals surface area contributed by atoms with E-state index < -0.39 is 0 Å². The molecule has 1 saturated heterocycles. The molecule has 1 heterocycles. The summed E-state index contributed by atoms with van der Waals surface area (Å²) in [6.07, 6.45) is 13.2. The Morgan fingerprint density at radius 1 is 0.947 bits per heavy atom. The monoisotopic (exact) mass is 520 g/mol. The van der Waals surface area contributed by atoms with Gasteiger partial charge in [-0.25, -0.2) is 4.79 Å². The quantitative estimate of drug-likeness (QED) is 0.266. The summed E-state index contributed by atoms with van der Waals surface area (Å²) in [6, 6.07) is 9.52. The summed E-state index contributed by atoms with van der Waals surface area (Å²) >= 11 is 0. The Bertz CT molecular complexity index is 1020. The molecule has 3 nitrogen and oxygen atoms in total. The summed E-state index contributed by atoms with van der Waals surface area (Å²) in [5.41, 5.74) is 1.55. The van der Waals surface area contributed by atoms with Crippen molar-refractivity contribution in [2.24, 2.45) is 52.3 Å². The molecular formula is C35H52O3. The van der Waals surface area contributed by atoms with Gasteiger partial charge in [0.2, 0.25) is 0 Å². The molecule has 0 aromatic heterocycles. The zero-order chi connectivity index (χ0) is 26.9. The van der Waals surface area contributed by atoms with Gasteiger partial charge in [0.05, 0.1) is 11.7 Å². The van der Waals surface area contributed by atoms with Crippen LogP contribution in [0.1, 0.15) is 116 Å². The molecule has 11 atom stereocenters. The van der Waals surface area contributed by atoms with Gasteiger partial charge in [-0.3, -0.25) is 0 Å². The average Bonchev–Trinajstić information content (AvgIpc) is 3.57. The van der Waals surface area contributed by atoms with Gasteiger partial charge >= 0.3 is 5.97 Å². The van der Waals surface area contributed by atoms with Crippen LogP contribution in [0, 0.1) is 52.3 Å². The minimum absolute atomic E-state index is 0.0687. The Morgan fingerprint density at radius 3 is 2.45 bits per heavy atom. The summed E-state index contributed by atoms with van der Waals surface area (Å²) in [5, 5.41) is 0. The van der Waals surface area contributed by atoms with E-state index in [2.05, 4.69) is 41.5 Å². The van der Waals surface area contributed by atoms with Crippen LogP contribution in [0.5, 0.6) is 0 Å². The summed E-state index contributed by atoms with van der Waals surface area (Å²) in [5.74, 6) is 5.23. The van der Waals surface area contributed by atoms with Crippen molar-refractivity contribution in [1.29, 1.82) is 0 Å². The third-order valence-electron chi connectivity index (χ3n) is 13.3. The molecule has 0 N–H and O–H groups in total. The Labute approximate surface area is 231 Å². The average molecular weight is 521 g/mol. The van der Waals surface area contributed by atoms with Crippen LogP contribution in [0.2, 0.25) is 0 Å². The van der Waals surface area contributed by atoms with Crippen molar-refractivity contribution < 1.29 is 14.3 Å². The van der Waals surface area contributed by atoms with Crippen LogP contribution in [-0.2, 0) is 9.47 Å². The number of fused-ring (bicyclic) bond motifs is 3. The lowest BCUT2D eigenvalue weighted by atomic mass is 9.44. The molecule has 3 heteroatoms. The van der Waals surface area contributed by atoms with E-state index in [1.807, 2.05) is 30.3 Å². The lowest BCUT2D eigenvalue weighted by Gasteiger charge is -2.61. The second-order valence-electron chi connectivity index (χ2n) is 15.1. The minimum atomic E-state index is -0.150. The Kier molecular flexibility index (Phi) is 6.81. The highest BCUT2D eigenvalue weighted by atomic mass is 16.6. The lowest BCUT2D eigenvalue weighted by Crippen LogP contribution is -2.59. The van der Waals surface area contributed by atoms with Crippen molar-refractivity contribution >= 4 is 5.97 Å². The lowest BCUT2D eigenvalue weighted by molar-refractivity contribution is -0.150. The van der Waals surface area contributed by atoms with Gasteiger partial charge in [0, 0.05) is 5.41 Å². The van der Waals surface area contributed by atoms with Crippen LogP contribution in [0.3, 0.4) is 0 Å². The van der Waals surface area contributed by atoms with Crippen LogP contribution < -0.4 is 0 Å². The van der Waals surface area contributed by atoms with Crippen molar-refractivity contribution in [3.05, 3.63) is 35.9 Å². The smallest absolute Gasteiger partial charge is 0.338 e. The largest absolute Gasteiger partial charge is 0.459 e. The predicted octanol–water partition coefficient (Wildman–Crippen LogP) is 8.71. The highest BCUT2D eigenvalue weighted by molar-refractivity contribution is 5.89. The summed E-state index contributed by atoms with van der Waals surface area (Å²) in [4.78, 5) is 12.8. The van der Waals surface area contributed by atoms with E-state index in [1.165, 1.54) is 51.4 Å². The number of ether oxygens (including phenoxy) is 2. The highest BCUT2D eigenvalue weighted by Gasteiger charge is 2.80. The van der Waals surface area contributed by atoms with Crippen LogP contribution in [0.4, 0.5) is 0 Å². The van der Waals surface area contributed by atoms with E-state index in [9.17, 15) is 4.79 Å². The normalized spacial score (nSPS) is 44.8.